The molecule has 0 aliphatic rings. The number of nitrogen functional groups attached to an aromatic ring is 1. The smallest absolute Gasteiger partial charge is 0.164 e. The van der Waals surface area contributed by atoms with Crippen LogP contribution in [0.4, 0.5) is 5.82 Å². The van der Waals surface area contributed by atoms with Crippen LogP contribution in [-0.4, -0.2) is 21.9 Å². The first kappa shape index (κ1) is 11.4. The van der Waals surface area contributed by atoms with Crippen molar-refractivity contribution >= 4 is 5.82 Å². The number of aromatic nitrogens is 3. The van der Waals surface area contributed by atoms with Gasteiger partial charge in [-0.1, -0.05) is 0 Å². The molecular weight excluding hydrogens is 216 g/mol. The third kappa shape index (κ3) is 1.95. The highest BCUT2D eigenvalue weighted by molar-refractivity contribution is 5.76. The second-order valence-electron chi connectivity index (χ2n) is 3.82. The van der Waals surface area contributed by atoms with Crippen molar-refractivity contribution in [2.45, 2.75) is 20.4 Å². The van der Waals surface area contributed by atoms with E-state index in [9.17, 15) is 0 Å². The SMILES string of the molecule is CCn1ncc(OC)c1-c1cc(C)cnc1N. The first-order valence-electron chi connectivity index (χ1n) is 5.49. The van der Waals surface area contributed by atoms with Crippen LogP contribution in [0, 0.1) is 6.92 Å². The molecule has 2 N–H and O–H groups in total. The van der Waals surface area contributed by atoms with E-state index in [2.05, 4.69) is 10.1 Å². The van der Waals surface area contributed by atoms with Gasteiger partial charge in [-0.15, -0.1) is 0 Å². The molecule has 0 aliphatic heterocycles. The van der Waals surface area contributed by atoms with Gasteiger partial charge >= 0.3 is 0 Å². The zero-order chi connectivity index (χ0) is 12.4. The number of rotatable bonds is 3. The van der Waals surface area contributed by atoms with E-state index in [4.69, 9.17) is 10.5 Å². The predicted molar refractivity (Wildman–Crippen MR) is 66.8 cm³/mol. The molecule has 0 aromatic carbocycles. The van der Waals surface area contributed by atoms with E-state index in [1.807, 2.05) is 24.6 Å². The normalized spacial score (nSPS) is 10.5. The van der Waals surface area contributed by atoms with Crippen LogP contribution in [0.15, 0.2) is 18.5 Å². The van der Waals surface area contributed by atoms with Gasteiger partial charge in [0.2, 0.25) is 0 Å². The Balaban J connectivity index is 2.65. The summed E-state index contributed by atoms with van der Waals surface area (Å²) in [4.78, 5) is 4.17. The van der Waals surface area contributed by atoms with Crippen LogP contribution >= 0.6 is 0 Å². The van der Waals surface area contributed by atoms with E-state index < -0.39 is 0 Å². The van der Waals surface area contributed by atoms with Crippen molar-refractivity contribution in [1.29, 1.82) is 0 Å². The van der Waals surface area contributed by atoms with Crippen molar-refractivity contribution in [3.8, 4) is 17.0 Å². The number of nitrogens with two attached hydrogens (primary N) is 1. The molecule has 2 heterocycles. The van der Waals surface area contributed by atoms with Gasteiger partial charge in [0.25, 0.3) is 0 Å². The van der Waals surface area contributed by atoms with Crippen molar-refractivity contribution in [1.82, 2.24) is 14.8 Å². The van der Waals surface area contributed by atoms with Gasteiger partial charge in [0.1, 0.15) is 11.5 Å². The quantitative estimate of drug-likeness (QED) is 0.877. The van der Waals surface area contributed by atoms with Gasteiger partial charge in [-0.05, 0) is 25.5 Å². The lowest BCUT2D eigenvalue weighted by molar-refractivity contribution is 0.416. The van der Waals surface area contributed by atoms with Gasteiger partial charge in [-0.3, -0.25) is 4.68 Å². The minimum absolute atomic E-state index is 0.490. The number of pyridine rings is 1. The highest BCUT2D eigenvalue weighted by Gasteiger charge is 2.16. The summed E-state index contributed by atoms with van der Waals surface area (Å²) in [6.07, 6.45) is 3.44. The lowest BCUT2D eigenvalue weighted by Gasteiger charge is -2.10. The fraction of sp³-hybridized carbons (Fsp3) is 0.333. The molecule has 2 aromatic rings. The second-order valence-corrected chi connectivity index (χ2v) is 3.82. The van der Waals surface area contributed by atoms with Crippen LogP contribution in [0.5, 0.6) is 5.75 Å². The maximum atomic E-state index is 5.92. The molecule has 5 nitrogen and oxygen atoms in total. The Morgan fingerprint density at radius 1 is 1.41 bits per heavy atom. The maximum absolute atomic E-state index is 5.92. The van der Waals surface area contributed by atoms with Crippen molar-refractivity contribution < 1.29 is 4.74 Å². The number of anilines is 1. The number of methoxy groups -OCH3 is 1. The molecule has 0 aliphatic carbocycles. The minimum atomic E-state index is 0.490. The fourth-order valence-corrected chi connectivity index (χ4v) is 1.80. The molecule has 2 aromatic heterocycles. The van der Waals surface area contributed by atoms with Gasteiger partial charge in [0.05, 0.1) is 13.3 Å². The molecule has 0 radical (unpaired) electrons. The Labute approximate surface area is 100 Å². The summed E-state index contributed by atoms with van der Waals surface area (Å²) in [6, 6.07) is 1.99. The number of hydrogen-bond donors (Lipinski definition) is 1. The van der Waals surface area contributed by atoms with Crippen LogP contribution in [-0.2, 0) is 6.54 Å². The highest BCUT2D eigenvalue weighted by Crippen LogP contribution is 2.33. The van der Waals surface area contributed by atoms with Gasteiger partial charge in [0, 0.05) is 18.3 Å². The Morgan fingerprint density at radius 3 is 2.82 bits per heavy atom. The zero-order valence-electron chi connectivity index (χ0n) is 10.3. The first-order chi connectivity index (χ1) is 8.17. The molecule has 17 heavy (non-hydrogen) atoms. The molecule has 0 amide bonds. The molecule has 0 unspecified atom stereocenters. The first-order valence-corrected chi connectivity index (χ1v) is 5.49. The van der Waals surface area contributed by atoms with Crippen molar-refractivity contribution in [3.05, 3.63) is 24.0 Å². The van der Waals surface area contributed by atoms with Gasteiger partial charge in [0.15, 0.2) is 5.75 Å². The summed E-state index contributed by atoms with van der Waals surface area (Å²) in [5.41, 5.74) is 8.72. The Morgan fingerprint density at radius 2 is 2.18 bits per heavy atom. The monoisotopic (exact) mass is 232 g/mol. The topological polar surface area (TPSA) is 66.0 Å². The summed E-state index contributed by atoms with van der Waals surface area (Å²) < 4.78 is 7.16. The molecule has 0 spiro atoms. The van der Waals surface area contributed by atoms with Crippen molar-refractivity contribution in [2.75, 3.05) is 12.8 Å². The molecule has 5 heteroatoms. The van der Waals surface area contributed by atoms with Gasteiger partial charge in [-0.25, -0.2) is 4.98 Å². The van der Waals surface area contributed by atoms with Crippen LogP contribution in [0.1, 0.15) is 12.5 Å². The summed E-state index contributed by atoms with van der Waals surface area (Å²) >= 11 is 0. The standard InChI is InChI=1S/C12H16N4O/c1-4-16-11(10(17-3)7-15-16)9-5-8(2)6-14-12(9)13/h5-7H,4H2,1-3H3,(H2,13,14). The summed E-state index contributed by atoms with van der Waals surface area (Å²) in [5.74, 6) is 1.20. The third-order valence-corrected chi connectivity index (χ3v) is 2.64. The molecule has 0 saturated heterocycles. The van der Waals surface area contributed by atoms with E-state index >= 15 is 0 Å². The Bertz CT molecular complexity index is 512. The van der Waals surface area contributed by atoms with Crippen molar-refractivity contribution in [2.24, 2.45) is 0 Å². The average molecular weight is 232 g/mol. The maximum Gasteiger partial charge on any atom is 0.164 e. The van der Waals surface area contributed by atoms with E-state index in [1.54, 1.807) is 19.5 Å². The molecular formula is C12H16N4O. The van der Waals surface area contributed by atoms with E-state index in [0.717, 1.165) is 23.4 Å². The molecule has 2 rings (SSSR count). The van der Waals surface area contributed by atoms with E-state index in [1.165, 1.54) is 0 Å². The minimum Gasteiger partial charge on any atom is -0.493 e. The lowest BCUT2D eigenvalue weighted by Crippen LogP contribution is -2.03. The Hall–Kier alpha value is -2.04. The Kier molecular flexibility index (Phi) is 2.99. The largest absolute Gasteiger partial charge is 0.493 e. The van der Waals surface area contributed by atoms with Gasteiger partial charge in [-0.2, -0.15) is 5.10 Å². The number of nitrogens with zero attached hydrogens (tertiary/aromatic N) is 3. The second kappa shape index (κ2) is 4.45. The number of hydrogen-bond acceptors (Lipinski definition) is 4. The van der Waals surface area contributed by atoms with Crippen LogP contribution < -0.4 is 10.5 Å². The highest BCUT2D eigenvalue weighted by atomic mass is 16.5. The van der Waals surface area contributed by atoms with E-state index in [-0.39, 0.29) is 0 Å². The van der Waals surface area contributed by atoms with Crippen LogP contribution in [0.3, 0.4) is 0 Å². The van der Waals surface area contributed by atoms with Crippen molar-refractivity contribution in [3.63, 3.8) is 0 Å². The van der Waals surface area contributed by atoms with Crippen LogP contribution in [0.2, 0.25) is 0 Å². The number of aryl methyl sites for hydroxylation is 2. The zero-order valence-corrected chi connectivity index (χ0v) is 10.3. The molecule has 0 bridgehead atoms. The molecule has 0 atom stereocenters. The van der Waals surface area contributed by atoms with E-state index in [0.29, 0.717) is 11.6 Å². The molecule has 0 saturated carbocycles. The molecule has 0 fully saturated rings. The fourth-order valence-electron chi connectivity index (χ4n) is 1.80. The lowest BCUT2D eigenvalue weighted by atomic mass is 10.1. The summed E-state index contributed by atoms with van der Waals surface area (Å²) in [5, 5.41) is 4.26. The predicted octanol–water partition coefficient (Wildman–Crippen LogP) is 1.86. The molecule has 90 valence electrons. The summed E-state index contributed by atoms with van der Waals surface area (Å²) in [7, 11) is 1.62. The van der Waals surface area contributed by atoms with Gasteiger partial charge < -0.3 is 10.5 Å². The third-order valence-electron chi connectivity index (χ3n) is 2.64. The van der Waals surface area contributed by atoms with Crippen LogP contribution in [0.25, 0.3) is 11.3 Å². The summed E-state index contributed by atoms with van der Waals surface area (Å²) in [6.45, 7) is 4.76. The average Bonchev–Trinajstić information content (AvgIpc) is 2.74. The number of ether oxygens (including phenoxy) is 1.